The standard InChI is InChI=1S/C22H19ClN6O3/c1-29(2)21(32)18(30)15-5-3-4-6-17(15)27-19-16(23)11-25-22(28-19)26-13-7-8-14-12(9-13)10-24-20(14)31/h3-9,11H,10H2,1-2H3,(H,24,31)(H2,25,26,27,28). The Kier molecular flexibility index (Phi) is 5.74. The molecule has 0 unspecified atom stereocenters. The molecule has 0 radical (unpaired) electrons. The fraction of sp³-hybridized carbons (Fsp3) is 0.136. The van der Waals surface area contributed by atoms with Crippen LogP contribution in [0.2, 0.25) is 5.02 Å². The van der Waals surface area contributed by atoms with Gasteiger partial charge in [-0.3, -0.25) is 14.4 Å². The second-order valence-electron chi connectivity index (χ2n) is 7.27. The molecular weight excluding hydrogens is 432 g/mol. The lowest BCUT2D eigenvalue weighted by molar-refractivity contribution is -0.124. The van der Waals surface area contributed by atoms with Gasteiger partial charge in [-0.25, -0.2) is 4.98 Å². The van der Waals surface area contributed by atoms with Gasteiger partial charge < -0.3 is 20.9 Å². The van der Waals surface area contributed by atoms with Crippen LogP contribution in [-0.2, 0) is 11.3 Å². The van der Waals surface area contributed by atoms with Crippen LogP contribution >= 0.6 is 11.6 Å². The number of halogens is 1. The van der Waals surface area contributed by atoms with E-state index in [2.05, 4.69) is 25.9 Å². The molecule has 2 aromatic carbocycles. The van der Waals surface area contributed by atoms with Gasteiger partial charge >= 0.3 is 0 Å². The lowest BCUT2D eigenvalue weighted by atomic mass is 10.1. The molecule has 2 heterocycles. The van der Waals surface area contributed by atoms with Crippen LogP contribution in [0.15, 0.2) is 48.7 Å². The molecule has 1 aliphatic heterocycles. The fourth-order valence-electron chi connectivity index (χ4n) is 3.19. The number of Topliss-reactive ketones (excluding diaryl/α,β-unsaturated/α-hetero) is 1. The van der Waals surface area contributed by atoms with Crippen molar-refractivity contribution in [3.05, 3.63) is 70.4 Å². The third kappa shape index (κ3) is 4.23. The number of rotatable bonds is 6. The highest BCUT2D eigenvalue weighted by Gasteiger charge is 2.22. The maximum Gasteiger partial charge on any atom is 0.294 e. The summed E-state index contributed by atoms with van der Waals surface area (Å²) >= 11 is 6.27. The van der Waals surface area contributed by atoms with Crippen molar-refractivity contribution >= 4 is 52.3 Å². The van der Waals surface area contributed by atoms with Crippen LogP contribution in [0, 0.1) is 0 Å². The zero-order valence-electron chi connectivity index (χ0n) is 17.3. The summed E-state index contributed by atoms with van der Waals surface area (Å²) in [5.74, 6) is -0.855. The number of benzene rings is 2. The zero-order valence-corrected chi connectivity index (χ0v) is 18.0. The number of nitrogens with zero attached hydrogens (tertiary/aromatic N) is 3. The molecule has 0 fully saturated rings. The summed E-state index contributed by atoms with van der Waals surface area (Å²) < 4.78 is 0. The van der Waals surface area contributed by atoms with Crippen LogP contribution in [-0.4, -0.2) is 46.6 Å². The molecule has 0 bridgehead atoms. The summed E-state index contributed by atoms with van der Waals surface area (Å²) in [6, 6.07) is 12.0. The summed E-state index contributed by atoms with van der Waals surface area (Å²) in [7, 11) is 3.03. The molecule has 0 saturated carbocycles. The van der Waals surface area contributed by atoms with Crippen molar-refractivity contribution in [3.63, 3.8) is 0 Å². The largest absolute Gasteiger partial charge is 0.348 e. The van der Waals surface area contributed by atoms with Gasteiger partial charge in [-0.15, -0.1) is 0 Å². The van der Waals surface area contributed by atoms with Gasteiger partial charge in [-0.1, -0.05) is 23.7 Å². The fourth-order valence-corrected chi connectivity index (χ4v) is 3.33. The Morgan fingerprint density at radius 1 is 1.12 bits per heavy atom. The topological polar surface area (TPSA) is 116 Å². The summed E-state index contributed by atoms with van der Waals surface area (Å²) in [4.78, 5) is 46.2. The van der Waals surface area contributed by atoms with E-state index in [0.717, 1.165) is 5.56 Å². The average Bonchev–Trinajstić information content (AvgIpc) is 3.15. The smallest absolute Gasteiger partial charge is 0.294 e. The molecule has 0 spiro atoms. The van der Waals surface area contributed by atoms with Crippen LogP contribution in [0.1, 0.15) is 26.3 Å². The molecule has 0 saturated heterocycles. The minimum absolute atomic E-state index is 0.0956. The first-order chi connectivity index (χ1) is 15.3. The van der Waals surface area contributed by atoms with Crippen molar-refractivity contribution in [3.8, 4) is 0 Å². The third-order valence-corrected chi connectivity index (χ3v) is 5.09. The first kappa shape index (κ1) is 21.3. The second kappa shape index (κ2) is 8.64. The Morgan fingerprint density at radius 3 is 2.69 bits per heavy atom. The van der Waals surface area contributed by atoms with Gasteiger partial charge in [0.25, 0.3) is 17.6 Å². The summed E-state index contributed by atoms with van der Waals surface area (Å²) in [6.45, 7) is 0.467. The van der Waals surface area contributed by atoms with Gasteiger partial charge in [0.05, 0.1) is 17.4 Å². The van der Waals surface area contributed by atoms with Crippen molar-refractivity contribution in [2.45, 2.75) is 6.54 Å². The quantitative estimate of drug-likeness (QED) is 0.390. The molecule has 1 aliphatic rings. The van der Waals surface area contributed by atoms with Gasteiger partial charge in [0.15, 0.2) is 5.82 Å². The van der Waals surface area contributed by atoms with Crippen LogP contribution in [0.4, 0.5) is 23.1 Å². The summed E-state index contributed by atoms with van der Waals surface area (Å²) in [5, 5.41) is 9.11. The average molecular weight is 451 g/mol. The van der Waals surface area contributed by atoms with Gasteiger partial charge in [-0.05, 0) is 35.9 Å². The predicted octanol–water partition coefficient (Wildman–Crippen LogP) is 3.13. The highest BCUT2D eigenvalue weighted by atomic mass is 35.5. The Morgan fingerprint density at radius 2 is 1.91 bits per heavy atom. The molecule has 3 aromatic rings. The van der Waals surface area contributed by atoms with Crippen LogP contribution in [0.25, 0.3) is 0 Å². The molecule has 4 rings (SSSR count). The number of hydrogen-bond donors (Lipinski definition) is 3. The number of nitrogens with one attached hydrogen (secondary N) is 3. The minimum atomic E-state index is -0.650. The van der Waals surface area contributed by atoms with Crippen molar-refractivity contribution in [1.29, 1.82) is 0 Å². The first-order valence-corrected chi connectivity index (χ1v) is 10.0. The molecule has 0 aliphatic carbocycles. The highest BCUT2D eigenvalue weighted by Crippen LogP contribution is 2.28. The van der Waals surface area contributed by atoms with Gasteiger partial charge in [0.1, 0.15) is 5.02 Å². The highest BCUT2D eigenvalue weighted by molar-refractivity contribution is 6.43. The Bertz CT molecular complexity index is 1240. The maximum atomic E-state index is 12.6. The number of anilines is 4. The molecule has 3 N–H and O–H groups in total. The Balaban J connectivity index is 1.59. The molecular formula is C22H19ClN6O3. The molecule has 1 aromatic heterocycles. The van der Waals surface area contributed by atoms with Crippen molar-refractivity contribution in [2.75, 3.05) is 24.7 Å². The monoisotopic (exact) mass is 450 g/mol. The minimum Gasteiger partial charge on any atom is -0.348 e. The molecule has 32 heavy (non-hydrogen) atoms. The van der Waals surface area contributed by atoms with E-state index in [9.17, 15) is 14.4 Å². The predicted molar refractivity (Wildman–Crippen MR) is 121 cm³/mol. The molecule has 2 amide bonds. The molecule has 10 heteroatoms. The molecule has 162 valence electrons. The first-order valence-electron chi connectivity index (χ1n) is 9.66. The summed E-state index contributed by atoms with van der Waals surface area (Å²) in [6.07, 6.45) is 1.42. The SMILES string of the molecule is CN(C)C(=O)C(=O)c1ccccc1Nc1nc(Nc2ccc3c(c2)CNC3=O)ncc1Cl. The number of para-hydroxylation sites is 1. The van der Waals surface area contributed by atoms with Crippen LogP contribution < -0.4 is 16.0 Å². The number of ketones is 1. The van der Waals surface area contributed by atoms with Crippen LogP contribution in [0.5, 0.6) is 0 Å². The number of amides is 2. The normalized spacial score (nSPS) is 12.0. The van der Waals surface area contributed by atoms with E-state index in [4.69, 9.17) is 11.6 Å². The van der Waals surface area contributed by atoms with E-state index < -0.39 is 11.7 Å². The van der Waals surface area contributed by atoms with Gasteiger partial charge in [0, 0.05) is 31.9 Å². The zero-order chi connectivity index (χ0) is 22.8. The van der Waals surface area contributed by atoms with E-state index in [0.29, 0.717) is 23.5 Å². The number of fused-ring (bicyclic) bond motifs is 1. The van der Waals surface area contributed by atoms with Crippen molar-refractivity contribution < 1.29 is 14.4 Å². The number of carbonyl (C=O) groups is 3. The second-order valence-corrected chi connectivity index (χ2v) is 7.68. The van der Waals surface area contributed by atoms with Gasteiger partial charge in [0.2, 0.25) is 5.95 Å². The van der Waals surface area contributed by atoms with E-state index in [1.54, 1.807) is 36.4 Å². The number of aromatic nitrogens is 2. The Hall–Kier alpha value is -3.98. The number of likely N-dealkylation sites (N-methyl/N-ethyl adjacent to an activating group) is 1. The number of carbonyl (C=O) groups excluding carboxylic acids is 3. The maximum absolute atomic E-state index is 12.6. The van der Waals surface area contributed by atoms with Crippen molar-refractivity contribution in [1.82, 2.24) is 20.2 Å². The third-order valence-electron chi connectivity index (χ3n) is 4.81. The van der Waals surface area contributed by atoms with E-state index in [1.165, 1.54) is 25.2 Å². The number of hydrogen-bond acceptors (Lipinski definition) is 7. The van der Waals surface area contributed by atoms with Gasteiger partial charge in [-0.2, -0.15) is 4.98 Å². The van der Waals surface area contributed by atoms with Crippen molar-refractivity contribution in [2.24, 2.45) is 0 Å². The van der Waals surface area contributed by atoms with E-state index in [1.807, 2.05) is 6.07 Å². The lowest BCUT2D eigenvalue weighted by Crippen LogP contribution is -2.30. The molecule has 0 atom stereocenters. The van der Waals surface area contributed by atoms with E-state index >= 15 is 0 Å². The summed E-state index contributed by atoms with van der Waals surface area (Å²) in [5.41, 5.74) is 2.82. The Labute approximate surface area is 188 Å². The van der Waals surface area contributed by atoms with Crippen LogP contribution in [0.3, 0.4) is 0 Å². The lowest BCUT2D eigenvalue weighted by Gasteiger charge is -2.14. The van der Waals surface area contributed by atoms with E-state index in [-0.39, 0.29) is 28.3 Å². The molecule has 9 nitrogen and oxygen atoms in total.